The number of anilines is 1. The van der Waals surface area contributed by atoms with Crippen molar-refractivity contribution in [2.75, 3.05) is 11.9 Å². The van der Waals surface area contributed by atoms with Gasteiger partial charge in [0, 0.05) is 12.6 Å². The van der Waals surface area contributed by atoms with Crippen molar-refractivity contribution in [2.24, 2.45) is 5.92 Å². The molecule has 1 fully saturated rings. The van der Waals surface area contributed by atoms with Gasteiger partial charge >= 0.3 is 5.69 Å². The van der Waals surface area contributed by atoms with Crippen LogP contribution in [-0.4, -0.2) is 28.5 Å². The molecular weight excluding hydrogens is 356 g/mol. The Labute approximate surface area is 164 Å². The summed E-state index contributed by atoms with van der Waals surface area (Å²) in [6.07, 6.45) is 3.74. The third-order valence-electron chi connectivity index (χ3n) is 5.19. The van der Waals surface area contributed by atoms with Crippen molar-refractivity contribution in [1.29, 1.82) is 0 Å². The molecule has 0 bridgehead atoms. The predicted octanol–water partition coefficient (Wildman–Crippen LogP) is 2.59. The first-order valence-corrected chi connectivity index (χ1v) is 9.90. The fourth-order valence-corrected chi connectivity index (χ4v) is 3.69. The van der Waals surface area contributed by atoms with Gasteiger partial charge in [-0.2, -0.15) is 0 Å². The van der Waals surface area contributed by atoms with Crippen molar-refractivity contribution in [3.05, 3.63) is 62.4 Å². The summed E-state index contributed by atoms with van der Waals surface area (Å²) in [7, 11) is 0. The molecule has 150 valence electrons. The topological polar surface area (TPSA) is 107 Å². The molecule has 1 amide bonds. The monoisotopic (exact) mass is 384 g/mol. The first-order chi connectivity index (χ1) is 13.4. The van der Waals surface area contributed by atoms with Gasteiger partial charge in [0.25, 0.3) is 11.5 Å². The van der Waals surface area contributed by atoms with Gasteiger partial charge < -0.3 is 15.6 Å². The average molecular weight is 384 g/mol. The number of H-pyrrole nitrogens is 2. The molecule has 4 N–H and O–H groups in total. The summed E-state index contributed by atoms with van der Waals surface area (Å²) in [5.74, 6) is 0.380. The lowest BCUT2D eigenvalue weighted by Crippen LogP contribution is -2.40. The van der Waals surface area contributed by atoms with E-state index in [0.29, 0.717) is 12.5 Å². The highest BCUT2D eigenvalue weighted by Crippen LogP contribution is 2.32. The standard InChI is InChI=1S/C21H28N4O3/c1-13(2)12-22-17-18(24-21(28)25-19(17)26)20(27)23-16-10-8-15(9-11-16)14-6-4-3-5-7-14/h3-7,13,15-16,22H,8-12H2,1-2H3,(H,23,27)(H2,24,25,26,28)/t15-,16+. The van der Waals surface area contributed by atoms with Gasteiger partial charge in [0.1, 0.15) is 11.4 Å². The number of aromatic amines is 2. The number of nitrogens with one attached hydrogen (secondary N) is 4. The molecule has 7 nitrogen and oxygen atoms in total. The average Bonchev–Trinajstić information content (AvgIpc) is 2.68. The third-order valence-corrected chi connectivity index (χ3v) is 5.19. The van der Waals surface area contributed by atoms with Crippen molar-refractivity contribution >= 4 is 11.6 Å². The zero-order valence-corrected chi connectivity index (χ0v) is 16.4. The molecule has 1 saturated carbocycles. The summed E-state index contributed by atoms with van der Waals surface area (Å²) < 4.78 is 0. The molecule has 1 aromatic heterocycles. The van der Waals surface area contributed by atoms with Crippen LogP contribution in [0.3, 0.4) is 0 Å². The second kappa shape index (κ2) is 8.91. The van der Waals surface area contributed by atoms with Gasteiger partial charge in [-0.05, 0) is 43.1 Å². The van der Waals surface area contributed by atoms with Crippen LogP contribution in [0.2, 0.25) is 0 Å². The Kier molecular flexibility index (Phi) is 6.34. The lowest BCUT2D eigenvalue weighted by Gasteiger charge is -2.29. The molecule has 0 saturated heterocycles. The minimum atomic E-state index is -0.682. The Bertz CT molecular complexity index is 909. The van der Waals surface area contributed by atoms with Crippen LogP contribution in [0.25, 0.3) is 0 Å². The van der Waals surface area contributed by atoms with E-state index < -0.39 is 17.2 Å². The van der Waals surface area contributed by atoms with Crippen molar-refractivity contribution in [1.82, 2.24) is 15.3 Å². The summed E-state index contributed by atoms with van der Waals surface area (Å²) in [5, 5.41) is 5.97. The molecule has 28 heavy (non-hydrogen) atoms. The lowest BCUT2D eigenvalue weighted by atomic mass is 9.82. The first-order valence-electron chi connectivity index (χ1n) is 9.90. The van der Waals surface area contributed by atoms with Crippen LogP contribution in [0, 0.1) is 5.92 Å². The highest BCUT2D eigenvalue weighted by Gasteiger charge is 2.25. The quantitative estimate of drug-likeness (QED) is 0.614. The summed E-state index contributed by atoms with van der Waals surface area (Å²) in [6, 6.07) is 10.5. The van der Waals surface area contributed by atoms with Crippen molar-refractivity contribution in [2.45, 2.75) is 51.5 Å². The van der Waals surface area contributed by atoms with E-state index in [-0.39, 0.29) is 23.3 Å². The minimum absolute atomic E-state index is 0.000386. The zero-order chi connectivity index (χ0) is 20.1. The summed E-state index contributed by atoms with van der Waals surface area (Å²) in [4.78, 5) is 41.2. The van der Waals surface area contributed by atoms with E-state index >= 15 is 0 Å². The van der Waals surface area contributed by atoms with Gasteiger partial charge in [0.15, 0.2) is 0 Å². The Morgan fingerprint density at radius 1 is 1.07 bits per heavy atom. The van der Waals surface area contributed by atoms with E-state index in [9.17, 15) is 14.4 Å². The molecule has 1 aliphatic carbocycles. The fourth-order valence-electron chi connectivity index (χ4n) is 3.69. The van der Waals surface area contributed by atoms with Crippen LogP contribution in [0.15, 0.2) is 39.9 Å². The Hall–Kier alpha value is -2.83. The highest BCUT2D eigenvalue weighted by atomic mass is 16.2. The molecule has 0 aliphatic heterocycles. The van der Waals surface area contributed by atoms with Gasteiger partial charge in [0.2, 0.25) is 0 Å². The molecule has 0 atom stereocenters. The maximum absolute atomic E-state index is 12.8. The van der Waals surface area contributed by atoms with Gasteiger partial charge in [-0.1, -0.05) is 44.2 Å². The summed E-state index contributed by atoms with van der Waals surface area (Å²) >= 11 is 0. The lowest BCUT2D eigenvalue weighted by molar-refractivity contribution is 0.0921. The minimum Gasteiger partial charge on any atom is -0.378 e. The number of amides is 1. The molecule has 1 heterocycles. The number of benzene rings is 1. The first kappa shape index (κ1) is 19.9. The Balaban J connectivity index is 1.67. The molecule has 1 aliphatic rings. The zero-order valence-electron chi connectivity index (χ0n) is 16.4. The van der Waals surface area contributed by atoms with Crippen LogP contribution < -0.4 is 21.9 Å². The van der Waals surface area contributed by atoms with Crippen molar-refractivity contribution in [3.63, 3.8) is 0 Å². The van der Waals surface area contributed by atoms with E-state index in [1.54, 1.807) is 0 Å². The molecular formula is C21H28N4O3. The second-order valence-electron chi connectivity index (χ2n) is 7.87. The number of hydrogen-bond donors (Lipinski definition) is 4. The number of aromatic nitrogens is 2. The number of carbonyl (C=O) groups is 1. The van der Waals surface area contributed by atoms with Crippen molar-refractivity contribution in [3.8, 4) is 0 Å². The maximum Gasteiger partial charge on any atom is 0.326 e. The molecule has 1 aromatic carbocycles. The van der Waals surface area contributed by atoms with Gasteiger partial charge in [-0.15, -0.1) is 0 Å². The third kappa shape index (κ3) is 4.91. The fraction of sp³-hybridized carbons (Fsp3) is 0.476. The SMILES string of the molecule is CC(C)CNc1c(C(=O)N[C@H]2CC[C@@H](c3ccccc3)CC2)[nH]c(=O)[nH]c1=O. The van der Waals surface area contributed by atoms with Crippen LogP contribution in [0.4, 0.5) is 5.69 Å². The molecule has 3 rings (SSSR count). The van der Waals surface area contributed by atoms with Crippen LogP contribution in [-0.2, 0) is 0 Å². The van der Waals surface area contributed by atoms with Crippen LogP contribution >= 0.6 is 0 Å². The summed E-state index contributed by atoms with van der Waals surface area (Å²) in [5.41, 5.74) is 0.190. The van der Waals surface area contributed by atoms with E-state index in [4.69, 9.17) is 0 Å². The molecule has 0 radical (unpaired) electrons. The van der Waals surface area contributed by atoms with Gasteiger partial charge in [0.05, 0.1) is 0 Å². The highest BCUT2D eigenvalue weighted by molar-refractivity contribution is 5.97. The largest absolute Gasteiger partial charge is 0.378 e. The van der Waals surface area contributed by atoms with Crippen LogP contribution in [0.1, 0.15) is 61.5 Å². The molecule has 2 aromatic rings. The predicted molar refractivity (Wildman–Crippen MR) is 110 cm³/mol. The molecule has 0 unspecified atom stereocenters. The Morgan fingerprint density at radius 3 is 2.39 bits per heavy atom. The second-order valence-corrected chi connectivity index (χ2v) is 7.87. The number of hydrogen-bond acceptors (Lipinski definition) is 4. The van der Waals surface area contributed by atoms with E-state index in [1.807, 2.05) is 19.9 Å². The van der Waals surface area contributed by atoms with E-state index in [0.717, 1.165) is 25.7 Å². The molecule has 7 heteroatoms. The van der Waals surface area contributed by atoms with E-state index in [2.05, 4.69) is 44.9 Å². The van der Waals surface area contributed by atoms with Crippen LogP contribution in [0.5, 0.6) is 0 Å². The van der Waals surface area contributed by atoms with Gasteiger partial charge in [-0.25, -0.2) is 4.79 Å². The normalized spacial score (nSPS) is 19.4. The number of carbonyl (C=O) groups excluding carboxylic acids is 1. The maximum atomic E-state index is 12.8. The molecule has 0 spiro atoms. The van der Waals surface area contributed by atoms with Crippen molar-refractivity contribution < 1.29 is 4.79 Å². The smallest absolute Gasteiger partial charge is 0.326 e. The van der Waals surface area contributed by atoms with E-state index in [1.165, 1.54) is 5.56 Å². The Morgan fingerprint density at radius 2 is 1.75 bits per heavy atom. The summed E-state index contributed by atoms with van der Waals surface area (Å²) in [6.45, 7) is 4.52. The number of rotatable bonds is 6. The van der Waals surface area contributed by atoms with Gasteiger partial charge in [-0.3, -0.25) is 14.6 Å².